The molecule has 0 radical (unpaired) electrons. The van der Waals surface area contributed by atoms with Crippen molar-refractivity contribution < 1.29 is 26.6 Å². The minimum absolute atomic E-state index is 0.00903. The molecule has 10 nitrogen and oxygen atoms in total. The van der Waals surface area contributed by atoms with E-state index in [9.17, 15) is 31.7 Å². The monoisotopic (exact) mass is 467 g/mol. The van der Waals surface area contributed by atoms with Gasteiger partial charge in [-0.15, -0.1) is 0 Å². The van der Waals surface area contributed by atoms with E-state index < -0.39 is 30.5 Å². The van der Waals surface area contributed by atoms with Crippen molar-refractivity contribution in [3.05, 3.63) is 70.4 Å². The molecule has 156 valence electrons. The lowest BCUT2D eigenvalue weighted by molar-refractivity contribution is -0.384. The highest BCUT2D eigenvalue weighted by Crippen LogP contribution is 2.29. The number of nitrogens with zero attached hydrogens (tertiary/aromatic N) is 2. The highest BCUT2D eigenvalue weighted by Gasteiger charge is 2.23. The average molecular weight is 468 g/mol. The molecule has 3 rings (SSSR count). The fraction of sp³-hybridized carbons (Fsp3) is 0.0588. The van der Waals surface area contributed by atoms with Crippen molar-refractivity contribution in [3.8, 4) is 0 Å². The van der Waals surface area contributed by atoms with Crippen molar-refractivity contribution >= 4 is 47.7 Å². The summed E-state index contributed by atoms with van der Waals surface area (Å²) >= 11 is 0.695. The lowest BCUT2D eigenvalue weighted by Gasteiger charge is -2.04. The summed E-state index contributed by atoms with van der Waals surface area (Å²) in [5, 5.41) is 13.1. The van der Waals surface area contributed by atoms with Crippen LogP contribution in [0.4, 0.5) is 10.8 Å². The second-order valence-corrected chi connectivity index (χ2v) is 11.2. The van der Waals surface area contributed by atoms with E-state index in [0.717, 1.165) is 36.7 Å². The zero-order valence-electron chi connectivity index (χ0n) is 15.2. The molecule has 1 amide bonds. The maximum absolute atomic E-state index is 12.7. The van der Waals surface area contributed by atoms with Gasteiger partial charge in [0.05, 0.1) is 20.9 Å². The molecule has 0 bridgehead atoms. The Morgan fingerprint density at radius 1 is 1.07 bits per heavy atom. The predicted molar refractivity (Wildman–Crippen MR) is 108 cm³/mol. The summed E-state index contributed by atoms with van der Waals surface area (Å²) in [5.74, 6) is -0.658. The van der Waals surface area contributed by atoms with Crippen LogP contribution in [0.15, 0.2) is 68.7 Å². The molecular weight excluding hydrogens is 454 g/mol. The van der Waals surface area contributed by atoms with Gasteiger partial charge in [0.25, 0.3) is 11.6 Å². The summed E-state index contributed by atoms with van der Waals surface area (Å²) in [5.41, 5.74) is -0.185. The van der Waals surface area contributed by atoms with E-state index >= 15 is 0 Å². The molecule has 0 unspecified atom stereocenters. The molecule has 0 fully saturated rings. The van der Waals surface area contributed by atoms with Crippen molar-refractivity contribution in [3.63, 3.8) is 0 Å². The van der Waals surface area contributed by atoms with E-state index in [1.54, 1.807) is 0 Å². The Hall–Kier alpha value is -3.16. The topological polar surface area (TPSA) is 153 Å². The number of benzene rings is 2. The Balaban J connectivity index is 1.82. The third-order valence-corrected chi connectivity index (χ3v) is 8.11. The lowest BCUT2D eigenvalue weighted by Crippen LogP contribution is -2.12. The Kier molecular flexibility index (Phi) is 5.70. The lowest BCUT2D eigenvalue weighted by atomic mass is 10.2. The quantitative estimate of drug-likeness (QED) is 0.428. The van der Waals surface area contributed by atoms with Crippen LogP contribution in [-0.4, -0.2) is 38.9 Å². The van der Waals surface area contributed by atoms with Gasteiger partial charge < -0.3 is 0 Å². The van der Waals surface area contributed by atoms with Crippen LogP contribution in [0.25, 0.3) is 0 Å². The molecule has 0 aliphatic heterocycles. The van der Waals surface area contributed by atoms with E-state index in [1.807, 2.05) is 0 Å². The fourth-order valence-electron chi connectivity index (χ4n) is 2.34. The van der Waals surface area contributed by atoms with Crippen molar-refractivity contribution in [2.75, 3.05) is 11.6 Å². The van der Waals surface area contributed by atoms with Crippen LogP contribution >= 0.6 is 11.3 Å². The number of thiazole rings is 1. The number of hydrogen-bond donors (Lipinski definition) is 1. The van der Waals surface area contributed by atoms with Gasteiger partial charge in [-0.3, -0.25) is 20.2 Å². The summed E-state index contributed by atoms with van der Waals surface area (Å²) in [6.07, 6.45) is 2.07. The number of non-ortho nitro benzene ring substituents is 1. The number of sulfone groups is 2. The number of amides is 1. The molecule has 0 spiro atoms. The molecule has 0 aliphatic carbocycles. The Morgan fingerprint density at radius 2 is 1.73 bits per heavy atom. The largest absolute Gasteiger partial charge is 0.298 e. The highest BCUT2D eigenvalue weighted by atomic mass is 32.2. The first-order valence-corrected chi connectivity index (χ1v) is 12.2. The van der Waals surface area contributed by atoms with Gasteiger partial charge in [0.2, 0.25) is 9.84 Å². The van der Waals surface area contributed by atoms with E-state index in [-0.39, 0.29) is 30.4 Å². The van der Waals surface area contributed by atoms with Crippen LogP contribution in [0.5, 0.6) is 0 Å². The Bertz CT molecular complexity index is 1350. The highest BCUT2D eigenvalue weighted by molar-refractivity contribution is 7.93. The third kappa shape index (κ3) is 4.53. The van der Waals surface area contributed by atoms with Crippen molar-refractivity contribution in [1.82, 2.24) is 4.98 Å². The minimum atomic E-state index is -3.98. The minimum Gasteiger partial charge on any atom is -0.298 e. The molecule has 0 atom stereocenters. The summed E-state index contributed by atoms with van der Waals surface area (Å²) < 4.78 is 48.4. The number of hydrogen-bond acceptors (Lipinski definition) is 9. The van der Waals surface area contributed by atoms with E-state index in [0.29, 0.717) is 11.3 Å². The van der Waals surface area contributed by atoms with Gasteiger partial charge >= 0.3 is 0 Å². The van der Waals surface area contributed by atoms with Gasteiger partial charge in [-0.05, 0) is 30.3 Å². The van der Waals surface area contributed by atoms with Gasteiger partial charge in [-0.1, -0.05) is 17.4 Å². The summed E-state index contributed by atoms with van der Waals surface area (Å²) in [6, 6.07) is 9.75. The van der Waals surface area contributed by atoms with Crippen LogP contribution in [0.1, 0.15) is 10.4 Å². The molecule has 1 aromatic heterocycles. The average Bonchev–Trinajstić information content (AvgIpc) is 3.17. The molecule has 0 aliphatic rings. The first kappa shape index (κ1) is 21.5. The van der Waals surface area contributed by atoms with Gasteiger partial charge in [-0.2, -0.15) is 0 Å². The Labute approximate surface area is 175 Å². The third-order valence-electron chi connectivity index (χ3n) is 3.85. The predicted octanol–water partition coefficient (Wildman–Crippen LogP) is 2.54. The fourth-order valence-corrected chi connectivity index (χ4v) is 5.44. The molecule has 2 aromatic carbocycles. The maximum atomic E-state index is 12.7. The van der Waals surface area contributed by atoms with Gasteiger partial charge in [-0.25, -0.2) is 21.8 Å². The van der Waals surface area contributed by atoms with Crippen molar-refractivity contribution in [2.45, 2.75) is 14.0 Å². The number of carbonyl (C=O) groups excluding carboxylic acids is 1. The number of nitro benzene ring substituents is 1. The van der Waals surface area contributed by atoms with Gasteiger partial charge in [0.15, 0.2) is 15.0 Å². The number of anilines is 1. The zero-order valence-corrected chi connectivity index (χ0v) is 17.6. The molecular formula is C17H13N3O7S3. The zero-order chi connectivity index (χ0) is 22.1. The molecule has 1 N–H and O–H groups in total. The Morgan fingerprint density at radius 3 is 2.33 bits per heavy atom. The molecule has 3 aromatic rings. The second kappa shape index (κ2) is 7.93. The van der Waals surface area contributed by atoms with Crippen LogP contribution in [0, 0.1) is 10.1 Å². The standard InChI is InChI=1S/C17H13N3O7S3/c1-29(24,25)14-4-2-3-11(9-14)16(21)19-17-18-10-15(28-17)30(26,27)13-7-5-12(6-8-13)20(22)23/h2-10H,1H3,(H,18,19,21). The molecule has 13 heteroatoms. The van der Waals surface area contributed by atoms with Crippen LogP contribution < -0.4 is 5.32 Å². The number of nitro groups is 1. The SMILES string of the molecule is CS(=O)(=O)c1cccc(C(=O)Nc2ncc(S(=O)(=O)c3ccc([N+](=O)[O-])cc3)s2)c1. The number of rotatable bonds is 6. The maximum Gasteiger partial charge on any atom is 0.269 e. The van der Waals surface area contributed by atoms with E-state index in [1.165, 1.54) is 24.3 Å². The number of nitrogens with one attached hydrogen (secondary N) is 1. The number of carbonyl (C=O) groups is 1. The summed E-state index contributed by atoms with van der Waals surface area (Å²) in [6.45, 7) is 0. The summed E-state index contributed by atoms with van der Waals surface area (Å²) in [7, 11) is -7.48. The van der Waals surface area contributed by atoms with Crippen LogP contribution in [-0.2, 0) is 19.7 Å². The van der Waals surface area contributed by atoms with Crippen molar-refractivity contribution in [2.24, 2.45) is 0 Å². The van der Waals surface area contributed by atoms with Crippen LogP contribution in [0.2, 0.25) is 0 Å². The van der Waals surface area contributed by atoms with Crippen molar-refractivity contribution in [1.29, 1.82) is 0 Å². The molecule has 1 heterocycles. The second-order valence-electron chi connectivity index (χ2n) is 5.99. The normalized spacial score (nSPS) is 11.8. The van der Waals surface area contributed by atoms with Crippen LogP contribution in [0.3, 0.4) is 0 Å². The smallest absolute Gasteiger partial charge is 0.269 e. The number of aromatic nitrogens is 1. The van der Waals surface area contributed by atoms with Gasteiger partial charge in [0.1, 0.15) is 4.21 Å². The van der Waals surface area contributed by atoms with E-state index in [4.69, 9.17) is 0 Å². The summed E-state index contributed by atoms with van der Waals surface area (Å²) in [4.78, 5) is 26.1. The van der Waals surface area contributed by atoms with Gasteiger partial charge in [0, 0.05) is 24.0 Å². The molecule has 30 heavy (non-hydrogen) atoms. The van der Waals surface area contributed by atoms with E-state index in [2.05, 4.69) is 10.3 Å². The first-order valence-electron chi connectivity index (χ1n) is 8.05. The molecule has 0 saturated heterocycles. The molecule has 0 saturated carbocycles. The first-order chi connectivity index (χ1) is 14.0.